The fourth-order valence-electron chi connectivity index (χ4n) is 1.38. The van der Waals surface area contributed by atoms with E-state index in [9.17, 15) is 13.2 Å². The number of aryl methyl sites for hydroxylation is 1. The van der Waals surface area contributed by atoms with E-state index in [-0.39, 0.29) is 17.3 Å². The molecule has 0 fully saturated rings. The van der Waals surface area contributed by atoms with Crippen molar-refractivity contribution in [2.24, 2.45) is 16.3 Å². The number of nitrogens with two attached hydrogens (primary N) is 2. The van der Waals surface area contributed by atoms with Gasteiger partial charge in [-0.05, 0) is 38.5 Å². The van der Waals surface area contributed by atoms with Gasteiger partial charge in [0.1, 0.15) is 0 Å². The maximum Gasteiger partial charge on any atom is 0.238 e. The molecule has 0 radical (unpaired) electrons. The Morgan fingerprint density at radius 3 is 2.42 bits per heavy atom. The molecule has 6 nitrogen and oxygen atoms in total. The highest BCUT2D eigenvalue weighted by atomic mass is 32.2. The molecular formula is C12H19N3O3S. The Labute approximate surface area is 113 Å². The number of carbonyl (C=O) groups excluding carboxylic acids is 1. The van der Waals surface area contributed by atoms with Crippen LogP contribution in [0, 0.1) is 12.3 Å². The molecule has 0 atom stereocenters. The van der Waals surface area contributed by atoms with E-state index in [0.29, 0.717) is 11.3 Å². The predicted molar refractivity (Wildman–Crippen MR) is 74.0 cm³/mol. The Kier molecular flexibility index (Phi) is 4.34. The molecule has 0 spiro atoms. The zero-order chi connectivity index (χ0) is 14.8. The molecule has 0 aliphatic heterocycles. The summed E-state index contributed by atoms with van der Waals surface area (Å²) in [5.41, 5.74) is 5.68. The van der Waals surface area contributed by atoms with Gasteiger partial charge in [-0.25, -0.2) is 13.6 Å². The van der Waals surface area contributed by atoms with Crippen molar-refractivity contribution < 1.29 is 13.2 Å². The van der Waals surface area contributed by atoms with Crippen molar-refractivity contribution in [1.29, 1.82) is 0 Å². The van der Waals surface area contributed by atoms with Gasteiger partial charge in [-0.2, -0.15) is 0 Å². The first-order chi connectivity index (χ1) is 8.58. The number of amides is 1. The number of anilines is 1. The minimum atomic E-state index is -3.81. The van der Waals surface area contributed by atoms with E-state index >= 15 is 0 Å². The molecule has 1 aromatic rings. The van der Waals surface area contributed by atoms with Gasteiger partial charge in [-0.3, -0.25) is 4.79 Å². The smallest absolute Gasteiger partial charge is 0.238 e. The maximum absolute atomic E-state index is 11.9. The lowest BCUT2D eigenvalue weighted by Gasteiger charge is -2.21. The third-order valence-corrected chi connectivity index (χ3v) is 3.93. The third kappa shape index (κ3) is 3.76. The molecule has 5 N–H and O–H groups in total. The van der Waals surface area contributed by atoms with Gasteiger partial charge in [0, 0.05) is 12.2 Å². The first kappa shape index (κ1) is 15.6. The van der Waals surface area contributed by atoms with Crippen LogP contribution >= 0.6 is 0 Å². The van der Waals surface area contributed by atoms with Gasteiger partial charge in [-0.15, -0.1) is 0 Å². The summed E-state index contributed by atoms with van der Waals surface area (Å²) in [5.74, 6) is -0.278. The second-order valence-corrected chi connectivity index (χ2v) is 6.60. The van der Waals surface area contributed by atoms with Crippen molar-refractivity contribution in [3.05, 3.63) is 23.8 Å². The number of benzene rings is 1. The van der Waals surface area contributed by atoms with Gasteiger partial charge in [-0.1, -0.05) is 6.07 Å². The van der Waals surface area contributed by atoms with Gasteiger partial charge in [0.15, 0.2) is 0 Å². The average molecular weight is 285 g/mol. The van der Waals surface area contributed by atoms with E-state index < -0.39 is 15.4 Å². The summed E-state index contributed by atoms with van der Waals surface area (Å²) in [4.78, 5) is 11.9. The predicted octanol–water partition coefficient (Wildman–Crippen LogP) is 0.566. The fraction of sp³-hybridized carbons (Fsp3) is 0.417. The van der Waals surface area contributed by atoms with Crippen molar-refractivity contribution in [3.63, 3.8) is 0 Å². The molecule has 1 rings (SSSR count). The second-order valence-electron chi connectivity index (χ2n) is 5.07. The monoisotopic (exact) mass is 285 g/mol. The number of nitrogens with one attached hydrogen (secondary N) is 1. The molecule has 0 bridgehead atoms. The molecule has 0 saturated heterocycles. The fourth-order valence-corrected chi connectivity index (χ4v) is 2.19. The lowest BCUT2D eigenvalue weighted by molar-refractivity contribution is -0.123. The van der Waals surface area contributed by atoms with Crippen LogP contribution in [0.3, 0.4) is 0 Å². The van der Waals surface area contributed by atoms with Crippen LogP contribution in [0.1, 0.15) is 19.4 Å². The zero-order valence-corrected chi connectivity index (χ0v) is 12.0. The summed E-state index contributed by atoms with van der Waals surface area (Å²) in [6, 6.07) is 4.55. The molecule has 0 unspecified atom stereocenters. The quantitative estimate of drug-likeness (QED) is 0.749. The van der Waals surface area contributed by atoms with Crippen LogP contribution in [0.4, 0.5) is 5.69 Å². The minimum Gasteiger partial charge on any atom is -0.329 e. The largest absolute Gasteiger partial charge is 0.329 e. The standard InChI is InChI=1S/C12H19N3O3S/c1-8-4-5-9(6-10(8)19(14,17)18)15-11(16)12(2,3)7-13/h4-6H,7,13H2,1-3H3,(H,15,16)(H2,14,17,18). The lowest BCUT2D eigenvalue weighted by Crippen LogP contribution is -2.37. The topological polar surface area (TPSA) is 115 Å². The van der Waals surface area contributed by atoms with Crippen LogP contribution in [-0.2, 0) is 14.8 Å². The summed E-state index contributed by atoms with van der Waals surface area (Å²) in [6.07, 6.45) is 0. The van der Waals surface area contributed by atoms with E-state index in [2.05, 4.69) is 5.32 Å². The molecule has 1 aromatic carbocycles. The molecule has 0 aromatic heterocycles. The lowest BCUT2D eigenvalue weighted by atomic mass is 9.92. The molecule has 19 heavy (non-hydrogen) atoms. The summed E-state index contributed by atoms with van der Waals surface area (Å²) in [5, 5.41) is 7.74. The van der Waals surface area contributed by atoms with Crippen LogP contribution in [0.15, 0.2) is 23.1 Å². The first-order valence-electron chi connectivity index (χ1n) is 5.73. The summed E-state index contributed by atoms with van der Waals surface area (Å²) in [7, 11) is -3.81. The van der Waals surface area contributed by atoms with Crippen LogP contribution < -0.4 is 16.2 Å². The number of hydrogen-bond donors (Lipinski definition) is 3. The van der Waals surface area contributed by atoms with E-state index in [1.165, 1.54) is 6.07 Å². The van der Waals surface area contributed by atoms with Crippen LogP contribution in [0.2, 0.25) is 0 Å². The Bertz CT molecular complexity index is 594. The van der Waals surface area contributed by atoms with Gasteiger partial charge in [0.05, 0.1) is 10.3 Å². The van der Waals surface area contributed by atoms with Crippen LogP contribution in [0.25, 0.3) is 0 Å². The molecule has 7 heteroatoms. The number of sulfonamides is 1. The highest BCUT2D eigenvalue weighted by molar-refractivity contribution is 7.89. The van der Waals surface area contributed by atoms with Crippen molar-refractivity contribution >= 4 is 21.6 Å². The van der Waals surface area contributed by atoms with Gasteiger partial charge in [0.25, 0.3) is 0 Å². The second kappa shape index (κ2) is 5.28. The molecule has 0 heterocycles. The number of hydrogen-bond acceptors (Lipinski definition) is 4. The average Bonchev–Trinajstić information content (AvgIpc) is 2.30. The van der Waals surface area contributed by atoms with Crippen molar-refractivity contribution in [2.45, 2.75) is 25.7 Å². The molecule has 0 saturated carbocycles. The summed E-state index contributed by atoms with van der Waals surface area (Å²) < 4.78 is 22.8. The number of rotatable bonds is 4. The Morgan fingerprint density at radius 2 is 1.95 bits per heavy atom. The highest BCUT2D eigenvalue weighted by Gasteiger charge is 2.26. The third-order valence-electron chi connectivity index (χ3n) is 2.88. The SMILES string of the molecule is Cc1ccc(NC(=O)C(C)(C)CN)cc1S(N)(=O)=O. The Morgan fingerprint density at radius 1 is 1.37 bits per heavy atom. The Balaban J connectivity index is 3.09. The summed E-state index contributed by atoms with van der Waals surface area (Å²) in [6.45, 7) is 5.23. The molecule has 0 aliphatic carbocycles. The van der Waals surface area contributed by atoms with Gasteiger partial charge >= 0.3 is 0 Å². The molecule has 1 amide bonds. The molecule has 106 valence electrons. The Hall–Kier alpha value is -1.44. The zero-order valence-electron chi connectivity index (χ0n) is 11.2. The highest BCUT2D eigenvalue weighted by Crippen LogP contribution is 2.21. The van der Waals surface area contributed by atoms with Gasteiger partial charge in [0.2, 0.25) is 15.9 Å². The molecule has 0 aliphatic rings. The number of carbonyl (C=O) groups is 1. The number of primary sulfonamides is 1. The van der Waals surface area contributed by atoms with Crippen molar-refractivity contribution in [3.8, 4) is 0 Å². The normalized spacial score (nSPS) is 12.3. The van der Waals surface area contributed by atoms with E-state index in [1.807, 2.05) is 0 Å². The van der Waals surface area contributed by atoms with Crippen LogP contribution in [0.5, 0.6) is 0 Å². The van der Waals surface area contributed by atoms with E-state index in [1.54, 1.807) is 32.9 Å². The minimum absolute atomic E-state index is 0.00384. The molecular weight excluding hydrogens is 266 g/mol. The van der Waals surface area contributed by atoms with E-state index in [0.717, 1.165) is 0 Å². The van der Waals surface area contributed by atoms with E-state index in [4.69, 9.17) is 10.9 Å². The first-order valence-corrected chi connectivity index (χ1v) is 7.27. The van der Waals surface area contributed by atoms with Crippen molar-refractivity contribution in [2.75, 3.05) is 11.9 Å². The van der Waals surface area contributed by atoms with Crippen molar-refractivity contribution in [1.82, 2.24) is 0 Å². The maximum atomic E-state index is 11.9. The van der Waals surface area contributed by atoms with Gasteiger partial charge < -0.3 is 11.1 Å². The summed E-state index contributed by atoms with van der Waals surface area (Å²) >= 11 is 0. The van der Waals surface area contributed by atoms with Crippen LogP contribution in [-0.4, -0.2) is 20.9 Å².